The van der Waals surface area contributed by atoms with Crippen molar-refractivity contribution in [1.29, 1.82) is 5.26 Å². The van der Waals surface area contributed by atoms with Crippen LogP contribution in [0.2, 0.25) is 5.02 Å². The second-order valence-electron chi connectivity index (χ2n) is 6.69. The normalized spacial score (nSPS) is 11.8. The smallest absolute Gasteiger partial charge is 0.328 e. The van der Waals surface area contributed by atoms with Crippen molar-refractivity contribution < 1.29 is 18.3 Å². The highest BCUT2D eigenvalue weighted by atomic mass is 35.5. The Kier molecular flexibility index (Phi) is 5.12. The van der Waals surface area contributed by atoms with Crippen LogP contribution in [-0.4, -0.2) is 50.8 Å². The Hall–Kier alpha value is -3.49. The number of nitriles is 1. The Balaban J connectivity index is 2.07. The van der Waals surface area contributed by atoms with Crippen molar-refractivity contribution >= 4 is 22.5 Å². The van der Waals surface area contributed by atoms with Gasteiger partial charge in [0, 0.05) is 36.9 Å². The number of H-pyrrole nitrogens is 2. The number of benzene rings is 1. The summed E-state index contributed by atoms with van der Waals surface area (Å²) in [6, 6.07) is 3.77. The number of alkyl halides is 2. The predicted molar refractivity (Wildman–Crippen MR) is 108 cm³/mol. The third kappa shape index (κ3) is 3.20. The molecule has 0 fully saturated rings. The van der Waals surface area contributed by atoms with E-state index in [1.165, 1.54) is 14.2 Å². The van der Waals surface area contributed by atoms with Gasteiger partial charge >= 0.3 is 5.92 Å². The Bertz CT molecular complexity index is 1310. The first-order valence-corrected chi connectivity index (χ1v) is 9.30. The fraction of sp³-hybridized carbons (Fsp3) is 0.263. The van der Waals surface area contributed by atoms with Crippen LogP contribution in [0.15, 0.2) is 18.5 Å². The summed E-state index contributed by atoms with van der Waals surface area (Å²) in [6.07, 6.45) is 3.21. The average Bonchev–Trinajstić information content (AvgIpc) is 3.47. The van der Waals surface area contributed by atoms with Crippen LogP contribution in [0.5, 0.6) is 5.75 Å². The van der Waals surface area contributed by atoms with Crippen LogP contribution >= 0.6 is 11.6 Å². The molecule has 2 N–H and O–H groups in total. The summed E-state index contributed by atoms with van der Waals surface area (Å²) in [5.41, 5.74) is 2.28. The molecule has 0 radical (unpaired) electrons. The number of ether oxygens (including phenoxy) is 2. The van der Waals surface area contributed by atoms with Crippen LogP contribution in [0.1, 0.15) is 11.4 Å². The second kappa shape index (κ2) is 7.64. The van der Waals surface area contributed by atoms with Gasteiger partial charge in [-0.1, -0.05) is 11.6 Å². The summed E-state index contributed by atoms with van der Waals surface area (Å²) in [4.78, 5) is 4.02. The maximum absolute atomic E-state index is 14.3. The Morgan fingerprint density at radius 1 is 1.35 bits per heavy atom. The quantitative estimate of drug-likeness (QED) is 0.466. The van der Waals surface area contributed by atoms with E-state index in [9.17, 15) is 14.0 Å². The van der Waals surface area contributed by atoms with E-state index in [4.69, 9.17) is 16.3 Å². The molecule has 0 aliphatic carbocycles. The van der Waals surface area contributed by atoms with Crippen LogP contribution in [0, 0.1) is 11.3 Å². The standard InChI is InChI=1S/C19H16ClF2N7O2/c1-29-15-10(4-12(31-3)14(20)11(15)5-23)13(9-6-24-25-7-9)16(29)17-26-18(28-27-17)19(21,22)8-30-2/h4,6-7H,8H2,1-3H3,(H,24,25)(H,26,27,28). The van der Waals surface area contributed by atoms with Crippen molar-refractivity contribution in [1.82, 2.24) is 29.9 Å². The minimum absolute atomic E-state index is 0.0136. The maximum atomic E-state index is 14.3. The van der Waals surface area contributed by atoms with E-state index >= 15 is 0 Å². The van der Waals surface area contributed by atoms with Gasteiger partial charge in [-0.2, -0.15) is 24.2 Å². The molecule has 1 aromatic carbocycles. The largest absolute Gasteiger partial charge is 0.495 e. The molecular formula is C19H16ClF2N7O2. The highest BCUT2D eigenvalue weighted by molar-refractivity contribution is 6.34. The molecule has 3 heterocycles. The number of methoxy groups -OCH3 is 2. The van der Waals surface area contributed by atoms with E-state index in [1.54, 1.807) is 30.1 Å². The van der Waals surface area contributed by atoms with Gasteiger partial charge in [-0.05, 0) is 6.07 Å². The molecule has 0 bridgehead atoms. The van der Waals surface area contributed by atoms with Crippen molar-refractivity contribution in [3.05, 3.63) is 34.9 Å². The number of halogens is 3. The number of aromatic nitrogens is 6. The molecule has 3 aromatic heterocycles. The zero-order valence-corrected chi connectivity index (χ0v) is 17.4. The van der Waals surface area contributed by atoms with Crippen LogP contribution < -0.4 is 4.74 Å². The number of hydrogen-bond donors (Lipinski definition) is 2. The minimum atomic E-state index is -3.36. The van der Waals surface area contributed by atoms with Gasteiger partial charge in [0.2, 0.25) is 0 Å². The molecule has 0 aliphatic heterocycles. The number of aryl methyl sites for hydroxylation is 1. The molecule has 0 saturated carbocycles. The number of fused-ring (bicyclic) bond motifs is 1. The van der Waals surface area contributed by atoms with Gasteiger partial charge in [0.15, 0.2) is 11.6 Å². The topological polar surface area (TPSA) is 117 Å². The lowest BCUT2D eigenvalue weighted by molar-refractivity contribution is -0.0763. The molecule has 0 spiro atoms. The first kappa shape index (κ1) is 20.8. The summed E-state index contributed by atoms with van der Waals surface area (Å²) in [5, 5.41) is 23.5. The summed E-state index contributed by atoms with van der Waals surface area (Å²) < 4.78 is 40.1. The molecule has 160 valence electrons. The molecule has 4 rings (SSSR count). The molecule has 0 amide bonds. The van der Waals surface area contributed by atoms with E-state index in [-0.39, 0.29) is 16.4 Å². The predicted octanol–water partition coefficient (Wildman–Crippen LogP) is 3.63. The summed E-state index contributed by atoms with van der Waals surface area (Å²) >= 11 is 6.36. The SMILES string of the molecule is COCC(F)(F)c1nc(-c2c(-c3cn[nH]c3)c3cc(OC)c(Cl)c(C#N)c3n2C)n[nH]1. The molecule has 0 saturated heterocycles. The monoisotopic (exact) mass is 447 g/mol. The van der Waals surface area contributed by atoms with Gasteiger partial charge in [-0.3, -0.25) is 10.2 Å². The number of nitrogens with zero attached hydrogens (tertiary/aromatic N) is 5. The molecular weight excluding hydrogens is 432 g/mol. The molecule has 4 aromatic rings. The van der Waals surface area contributed by atoms with Gasteiger partial charge in [0.25, 0.3) is 0 Å². The van der Waals surface area contributed by atoms with Crippen molar-refractivity contribution in [2.75, 3.05) is 20.8 Å². The third-order valence-electron chi connectivity index (χ3n) is 4.87. The lowest BCUT2D eigenvalue weighted by Crippen LogP contribution is -2.21. The number of hydrogen-bond acceptors (Lipinski definition) is 6. The van der Waals surface area contributed by atoms with Crippen molar-refractivity contribution in [2.45, 2.75) is 5.92 Å². The maximum Gasteiger partial charge on any atom is 0.328 e. The molecule has 9 nitrogen and oxygen atoms in total. The lowest BCUT2D eigenvalue weighted by atomic mass is 10.0. The van der Waals surface area contributed by atoms with Gasteiger partial charge in [-0.25, -0.2) is 4.98 Å². The van der Waals surface area contributed by atoms with Gasteiger partial charge in [0.05, 0.1) is 30.1 Å². The van der Waals surface area contributed by atoms with E-state index < -0.39 is 18.4 Å². The van der Waals surface area contributed by atoms with E-state index in [2.05, 4.69) is 36.2 Å². The summed E-state index contributed by atoms with van der Waals surface area (Å²) in [5.74, 6) is -3.68. The first-order valence-electron chi connectivity index (χ1n) is 8.92. The minimum Gasteiger partial charge on any atom is -0.495 e. The zero-order valence-electron chi connectivity index (χ0n) is 16.6. The molecule has 0 unspecified atom stereocenters. The zero-order chi connectivity index (χ0) is 22.3. The van der Waals surface area contributed by atoms with Crippen LogP contribution in [-0.2, 0) is 17.7 Å². The average molecular weight is 448 g/mol. The van der Waals surface area contributed by atoms with E-state index in [1.807, 2.05) is 0 Å². The lowest BCUT2D eigenvalue weighted by Gasteiger charge is -2.10. The van der Waals surface area contributed by atoms with Crippen LogP contribution in [0.4, 0.5) is 8.78 Å². The molecule has 31 heavy (non-hydrogen) atoms. The Morgan fingerprint density at radius 2 is 2.13 bits per heavy atom. The number of aromatic amines is 2. The van der Waals surface area contributed by atoms with Gasteiger partial charge in [0.1, 0.15) is 23.4 Å². The number of nitrogens with one attached hydrogen (secondary N) is 2. The van der Waals surface area contributed by atoms with Gasteiger partial charge < -0.3 is 14.0 Å². The van der Waals surface area contributed by atoms with Crippen molar-refractivity contribution in [3.63, 3.8) is 0 Å². The Labute approximate surface area is 179 Å². The fourth-order valence-electron chi connectivity index (χ4n) is 3.54. The van der Waals surface area contributed by atoms with E-state index in [0.29, 0.717) is 33.5 Å². The third-order valence-corrected chi connectivity index (χ3v) is 5.24. The fourth-order valence-corrected chi connectivity index (χ4v) is 3.81. The summed E-state index contributed by atoms with van der Waals surface area (Å²) in [7, 11) is 4.29. The Morgan fingerprint density at radius 3 is 2.74 bits per heavy atom. The van der Waals surface area contributed by atoms with Crippen molar-refractivity contribution in [2.24, 2.45) is 7.05 Å². The van der Waals surface area contributed by atoms with Crippen LogP contribution in [0.25, 0.3) is 33.5 Å². The van der Waals surface area contributed by atoms with Gasteiger partial charge in [-0.15, -0.1) is 0 Å². The number of rotatable bonds is 6. The van der Waals surface area contributed by atoms with E-state index in [0.717, 1.165) is 0 Å². The molecule has 12 heteroatoms. The highest BCUT2D eigenvalue weighted by Crippen LogP contribution is 2.44. The van der Waals surface area contributed by atoms with Crippen molar-refractivity contribution in [3.8, 4) is 34.5 Å². The second-order valence-corrected chi connectivity index (χ2v) is 7.07. The van der Waals surface area contributed by atoms with Crippen LogP contribution in [0.3, 0.4) is 0 Å². The summed E-state index contributed by atoms with van der Waals surface area (Å²) in [6.45, 7) is -0.850. The molecule has 0 aliphatic rings. The highest BCUT2D eigenvalue weighted by Gasteiger charge is 2.37. The molecule has 0 atom stereocenters. The first-order chi connectivity index (χ1) is 14.8.